The smallest absolute Gasteiger partial charge is 0.342 e. The fraction of sp³-hybridized carbons (Fsp3) is 0.400. The van der Waals surface area contributed by atoms with E-state index < -0.39 is 35.2 Å². The van der Waals surface area contributed by atoms with Gasteiger partial charge in [0.05, 0.1) is 14.2 Å². The standard InChI is InChI=1S/C20H25N3O7/c1-11(2)9-23-17(21)16(18(25)22(3)20(23)27)14(24)10-30-19(26)13-8-12(28-4)6-7-15(13)29-5/h6-8,11H,9-10,21H2,1-5H3. The number of hydrogen-bond donors (Lipinski definition) is 1. The van der Waals surface area contributed by atoms with Crippen LogP contribution in [0.25, 0.3) is 0 Å². The minimum absolute atomic E-state index is 0.0452. The number of esters is 1. The number of methoxy groups -OCH3 is 2. The van der Waals surface area contributed by atoms with E-state index in [1.807, 2.05) is 13.8 Å². The van der Waals surface area contributed by atoms with Gasteiger partial charge in [-0.05, 0) is 24.1 Å². The number of carbonyl (C=O) groups is 2. The third-order valence-electron chi connectivity index (χ3n) is 4.37. The number of hydrogen-bond acceptors (Lipinski definition) is 8. The molecule has 1 heterocycles. The molecule has 2 rings (SSSR count). The minimum atomic E-state index is -0.850. The van der Waals surface area contributed by atoms with Gasteiger partial charge >= 0.3 is 11.7 Å². The number of nitrogens with zero attached hydrogens (tertiary/aromatic N) is 2. The van der Waals surface area contributed by atoms with Crippen LogP contribution in [-0.2, 0) is 18.3 Å². The van der Waals surface area contributed by atoms with Crippen molar-refractivity contribution in [3.8, 4) is 11.5 Å². The number of carbonyl (C=O) groups excluding carboxylic acids is 2. The number of benzene rings is 1. The summed E-state index contributed by atoms with van der Waals surface area (Å²) >= 11 is 0. The van der Waals surface area contributed by atoms with Crippen LogP contribution in [0.4, 0.5) is 5.82 Å². The van der Waals surface area contributed by atoms with Crippen molar-refractivity contribution in [1.82, 2.24) is 9.13 Å². The van der Waals surface area contributed by atoms with Crippen LogP contribution < -0.4 is 26.5 Å². The van der Waals surface area contributed by atoms with Crippen LogP contribution in [0.1, 0.15) is 34.6 Å². The molecule has 0 radical (unpaired) electrons. The lowest BCUT2D eigenvalue weighted by molar-refractivity contribution is 0.0470. The third-order valence-corrected chi connectivity index (χ3v) is 4.37. The van der Waals surface area contributed by atoms with Gasteiger partial charge in [0.15, 0.2) is 6.61 Å². The lowest BCUT2D eigenvalue weighted by Gasteiger charge is -2.16. The maximum atomic E-state index is 12.7. The molecule has 0 fully saturated rings. The lowest BCUT2D eigenvalue weighted by atomic mass is 10.1. The Kier molecular flexibility index (Phi) is 7.04. The zero-order valence-electron chi connectivity index (χ0n) is 17.6. The molecule has 0 amide bonds. The number of rotatable bonds is 8. The first-order valence-corrected chi connectivity index (χ1v) is 9.14. The summed E-state index contributed by atoms with van der Waals surface area (Å²) in [7, 11) is 4.07. The van der Waals surface area contributed by atoms with E-state index in [4.69, 9.17) is 19.9 Å². The van der Waals surface area contributed by atoms with Crippen molar-refractivity contribution in [1.29, 1.82) is 0 Å². The Hall–Kier alpha value is -3.56. The predicted octanol–water partition coefficient (Wildman–Crippen LogP) is 0.842. The van der Waals surface area contributed by atoms with Crippen LogP contribution in [-0.4, -0.2) is 41.7 Å². The minimum Gasteiger partial charge on any atom is -0.497 e. The van der Waals surface area contributed by atoms with Gasteiger partial charge in [0, 0.05) is 13.6 Å². The van der Waals surface area contributed by atoms with Crippen LogP contribution in [0.5, 0.6) is 11.5 Å². The van der Waals surface area contributed by atoms with E-state index >= 15 is 0 Å². The molecule has 0 aliphatic heterocycles. The van der Waals surface area contributed by atoms with Crippen LogP contribution >= 0.6 is 0 Å². The molecule has 0 aliphatic rings. The average Bonchev–Trinajstić information content (AvgIpc) is 2.72. The van der Waals surface area contributed by atoms with Crippen LogP contribution in [0.2, 0.25) is 0 Å². The molecule has 162 valence electrons. The summed E-state index contributed by atoms with van der Waals surface area (Å²) in [6.45, 7) is 3.21. The van der Waals surface area contributed by atoms with E-state index in [-0.39, 0.29) is 29.6 Å². The third kappa shape index (κ3) is 4.53. The second-order valence-corrected chi connectivity index (χ2v) is 6.98. The van der Waals surface area contributed by atoms with Crippen LogP contribution in [0.3, 0.4) is 0 Å². The molecule has 0 atom stereocenters. The zero-order valence-corrected chi connectivity index (χ0v) is 17.6. The molecule has 10 nitrogen and oxygen atoms in total. The van der Waals surface area contributed by atoms with Crippen molar-refractivity contribution in [3.63, 3.8) is 0 Å². The molecular formula is C20H25N3O7. The molecule has 0 unspecified atom stereocenters. The Bertz CT molecular complexity index is 1080. The molecule has 2 aromatic rings. The van der Waals surface area contributed by atoms with Crippen LogP contribution in [0, 0.1) is 5.92 Å². The predicted molar refractivity (Wildman–Crippen MR) is 109 cm³/mol. The van der Waals surface area contributed by atoms with Crippen molar-refractivity contribution in [3.05, 3.63) is 50.2 Å². The van der Waals surface area contributed by atoms with Gasteiger partial charge in [-0.2, -0.15) is 0 Å². The molecule has 1 aromatic carbocycles. The van der Waals surface area contributed by atoms with Gasteiger partial charge in [0.25, 0.3) is 5.56 Å². The van der Waals surface area contributed by atoms with E-state index in [9.17, 15) is 19.2 Å². The highest BCUT2D eigenvalue weighted by atomic mass is 16.5. The maximum absolute atomic E-state index is 12.7. The summed E-state index contributed by atoms with van der Waals surface area (Å²) in [6.07, 6.45) is 0. The van der Waals surface area contributed by atoms with Gasteiger partial charge in [-0.15, -0.1) is 0 Å². The van der Waals surface area contributed by atoms with Crippen molar-refractivity contribution in [2.24, 2.45) is 13.0 Å². The molecule has 1 aromatic heterocycles. The number of nitrogens with two attached hydrogens (primary N) is 1. The summed E-state index contributed by atoms with van der Waals surface area (Å²) < 4.78 is 17.2. The van der Waals surface area contributed by atoms with Crippen LogP contribution in [0.15, 0.2) is 27.8 Å². The van der Waals surface area contributed by atoms with E-state index in [0.717, 1.165) is 9.13 Å². The van der Waals surface area contributed by atoms with Gasteiger partial charge in [-0.25, -0.2) is 9.59 Å². The quantitative estimate of drug-likeness (QED) is 0.492. The molecule has 10 heteroatoms. The Morgan fingerprint density at radius 2 is 1.80 bits per heavy atom. The van der Waals surface area contributed by atoms with Crippen molar-refractivity contribution < 1.29 is 23.8 Å². The van der Waals surface area contributed by atoms with Gasteiger partial charge in [0.1, 0.15) is 28.4 Å². The number of ketones is 1. The normalized spacial score (nSPS) is 10.7. The number of ether oxygens (including phenoxy) is 3. The molecule has 2 N–H and O–H groups in total. The Morgan fingerprint density at radius 1 is 1.13 bits per heavy atom. The molecule has 0 aliphatic carbocycles. The van der Waals surface area contributed by atoms with Gasteiger partial charge in [0.2, 0.25) is 5.78 Å². The Morgan fingerprint density at radius 3 is 2.37 bits per heavy atom. The number of aromatic nitrogens is 2. The molecular weight excluding hydrogens is 394 g/mol. The van der Waals surface area contributed by atoms with Crippen molar-refractivity contribution in [2.75, 3.05) is 26.6 Å². The fourth-order valence-electron chi connectivity index (χ4n) is 2.84. The highest BCUT2D eigenvalue weighted by Crippen LogP contribution is 2.24. The van der Waals surface area contributed by atoms with E-state index in [1.165, 1.54) is 33.4 Å². The van der Waals surface area contributed by atoms with E-state index in [0.29, 0.717) is 5.75 Å². The highest BCUT2D eigenvalue weighted by Gasteiger charge is 2.24. The summed E-state index contributed by atoms with van der Waals surface area (Å²) in [6, 6.07) is 4.53. The summed E-state index contributed by atoms with van der Waals surface area (Å²) in [4.78, 5) is 49.9. The van der Waals surface area contributed by atoms with Crippen molar-refractivity contribution >= 4 is 17.6 Å². The number of Topliss-reactive ketones (excluding diaryl/α,β-unsaturated/α-hetero) is 1. The zero-order chi connectivity index (χ0) is 22.6. The number of anilines is 1. The monoisotopic (exact) mass is 419 g/mol. The average molecular weight is 419 g/mol. The SMILES string of the molecule is COc1ccc(OC)c(C(=O)OCC(=O)c2c(N)n(CC(C)C)c(=O)n(C)c2=O)c1. The first-order valence-electron chi connectivity index (χ1n) is 9.14. The van der Waals surface area contributed by atoms with Gasteiger partial charge in [-0.3, -0.25) is 18.7 Å². The summed E-state index contributed by atoms with van der Waals surface area (Å²) in [5.41, 5.74) is 4.13. The Labute approximate surface area is 172 Å². The van der Waals surface area contributed by atoms with Crippen molar-refractivity contribution in [2.45, 2.75) is 20.4 Å². The second kappa shape index (κ2) is 9.29. The maximum Gasteiger partial charge on any atom is 0.342 e. The van der Waals surface area contributed by atoms with Gasteiger partial charge < -0.3 is 19.9 Å². The topological polar surface area (TPSA) is 132 Å². The highest BCUT2D eigenvalue weighted by molar-refractivity contribution is 6.02. The molecule has 0 bridgehead atoms. The number of nitrogen functional groups attached to an aromatic ring is 1. The largest absolute Gasteiger partial charge is 0.497 e. The summed E-state index contributed by atoms with van der Waals surface area (Å²) in [5.74, 6) is -1.24. The van der Waals surface area contributed by atoms with E-state index in [2.05, 4.69) is 0 Å². The van der Waals surface area contributed by atoms with E-state index in [1.54, 1.807) is 6.07 Å². The molecule has 0 saturated heterocycles. The molecule has 0 saturated carbocycles. The summed E-state index contributed by atoms with van der Waals surface area (Å²) in [5, 5.41) is 0. The lowest BCUT2D eigenvalue weighted by Crippen LogP contribution is -2.43. The first kappa shape index (κ1) is 22.7. The molecule has 0 spiro atoms. The Balaban J connectivity index is 2.33. The fourth-order valence-corrected chi connectivity index (χ4v) is 2.84. The molecule has 30 heavy (non-hydrogen) atoms. The first-order chi connectivity index (χ1) is 14.1. The van der Waals surface area contributed by atoms with Gasteiger partial charge in [-0.1, -0.05) is 13.8 Å². The second-order valence-electron chi connectivity index (χ2n) is 6.98.